The maximum atomic E-state index is 4.36. The Bertz CT molecular complexity index is 422. The van der Waals surface area contributed by atoms with Gasteiger partial charge in [-0.3, -0.25) is 0 Å². The number of hydrogen-bond donors (Lipinski definition) is 0. The lowest BCUT2D eigenvalue weighted by Gasteiger charge is -1.96. The molecule has 3 heteroatoms. The van der Waals surface area contributed by atoms with Gasteiger partial charge < -0.3 is 0 Å². The van der Waals surface area contributed by atoms with E-state index in [9.17, 15) is 0 Å². The molecule has 1 aromatic heterocycles. The van der Waals surface area contributed by atoms with Crippen molar-refractivity contribution in [1.29, 1.82) is 0 Å². The first-order valence-electron chi connectivity index (χ1n) is 3.94. The summed E-state index contributed by atoms with van der Waals surface area (Å²) in [6.07, 6.45) is 0. The predicted molar refractivity (Wildman–Crippen MR) is 60.0 cm³/mol. The Labute approximate surface area is 89.6 Å². The SMILES string of the molecule is Cc1cccc(-c2csc(Br)n2)c1. The molecule has 0 unspecified atom stereocenters. The molecule has 0 aliphatic rings. The third-order valence-corrected chi connectivity index (χ3v) is 3.15. The van der Waals surface area contributed by atoms with Crippen molar-refractivity contribution < 1.29 is 0 Å². The van der Waals surface area contributed by atoms with Crippen molar-refractivity contribution >= 4 is 27.3 Å². The second-order valence-electron chi connectivity index (χ2n) is 2.86. The lowest BCUT2D eigenvalue weighted by atomic mass is 10.1. The van der Waals surface area contributed by atoms with Crippen molar-refractivity contribution in [1.82, 2.24) is 4.98 Å². The molecule has 2 aromatic rings. The molecule has 1 aromatic carbocycles. The molecule has 1 heterocycles. The van der Waals surface area contributed by atoms with Crippen molar-refractivity contribution in [2.24, 2.45) is 0 Å². The summed E-state index contributed by atoms with van der Waals surface area (Å²) in [7, 11) is 0. The molecule has 13 heavy (non-hydrogen) atoms. The number of halogens is 1. The summed E-state index contributed by atoms with van der Waals surface area (Å²) < 4.78 is 0.934. The number of aromatic nitrogens is 1. The normalized spacial score (nSPS) is 10.3. The monoisotopic (exact) mass is 253 g/mol. The van der Waals surface area contributed by atoms with Crippen LogP contribution in [0.25, 0.3) is 11.3 Å². The first kappa shape index (κ1) is 8.91. The van der Waals surface area contributed by atoms with E-state index < -0.39 is 0 Å². The summed E-state index contributed by atoms with van der Waals surface area (Å²) in [6.45, 7) is 2.09. The van der Waals surface area contributed by atoms with Crippen LogP contribution in [0, 0.1) is 6.92 Å². The zero-order chi connectivity index (χ0) is 9.26. The summed E-state index contributed by atoms with van der Waals surface area (Å²) >= 11 is 4.97. The second-order valence-corrected chi connectivity index (χ2v) is 4.99. The van der Waals surface area contributed by atoms with Gasteiger partial charge in [0, 0.05) is 10.9 Å². The highest BCUT2D eigenvalue weighted by Gasteiger charge is 2.01. The second kappa shape index (κ2) is 3.60. The molecule has 0 N–H and O–H groups in total. The van der Waals surface area contributed by atoms with Gasteiger partial charge in [-0.15, -0.1) is 11.3 Å². The molecule has 0 radical (unpaired) electrons. The molecule has 2 rings (SSSR count). The maximum Gasteiger partial charge on any atom is 0.159 e. The van der Waals surface area contributed by atoms with Gasteiger partial charge in [-0.25, -0.2) is 4.98 Å². The molecule has 0 atom stereocenters. The molecular weight excluding hydrogens is 246 g/mol. The third kappa shape index (κ3) is 1.98. The number of aryl methyl sites for hydroxylation is 1. The van der Waals surface area contributed by atoms with Gasteiger partial charge in [0.25, 0.3) is 0 Å². The van der Waals surface area contributed by atoms with Crippen LogP contribution in [0.2, 0.25) is 0 Å². The van der Waals surface area contributed by atoms with Crippen molar-refractivity contribution in [2.45, 2.75) is 6.92 Å². The highest BCUT2D eigenvalue weighted by molar-refractivity contribution is 9.11. The average molecular weight is 254 g/mol. The van der Waals surface area contributed by atoms with E-state index in [1.54, 1.807) is 11.3 Å². The van der Waals surface area contributed by atoms with E-state index in [0.717, 1.165) is 9.61 Å². The van der Waals surface area contributed by atoms with Crippen LogP contribution in [0.15, 0.2) is 33.6 Å². The van der Waals surface area contributed by atoms with Crippen LogP contribution in [-0.4, -0.2) is 4.98 Å². The molecule has 0 saturated heterocycles. The molecule has 0 aliphatic carbocycles. The predicted octanol–water partition coefficient (Wildman–Crippen LogP) is 3.88. The van der Waals surface area contributed by atoms with Crippen LogP contribution >= 0.6 is 27.3 Å². The molecule has 0 aliphatic heterocycles. The van der Waals surface area contributed by atoms with Gasteiger partial charge in [0.05, 0.1) is 5.69 Å². The van der Waals surface area contributed by atoms with Gasteiger partial charge in [0.15, 0.2) is 3.92 Å². The Morgan fingerprint density at radius 1 is 1.38 bits per heavy atom. The summed E-state index contributed by atoms with van der Waals surface area (Å²) in [5, 5.41) is 2.05. The van der Waals surface area contributed by atoms with E-state index in [1.807, 2.05) is 0 Å². The standard InChI is InChI=1S/C10H8BrNS/c1-7-3-2-4-8(5-7)9-6-13-10(11)12-9/h2-6H,1H3. The zero-order valence-electron chi connectivity index (χ0n) is 7.12. The van der Waals surface area contributed by atoms with E-state index in [1.165, 1.54) is 11.1 Å². The van der Waals surface area contributed by atoms with E-state index in [2.05, 4.69) is 57.5 Å². The summed E-state index contributed by atoms with van der Waals surface area (Å²) in [4.78, 5) is 4.36. The van der Waals surface area contributed by atoms with Crippen LogP contribution in [0.4, 0.5) is 0 Å². The molecule has 0 amide bonds. The summed E-state index contributed by atoms with van der Waals surface area (Å²) in [5.74, 6) is 0. The fraction of sp³-hybridized carbons (Fsp3) is 0.100. The van der Waals surface area contributed by atoms with Gasteiger partial charge in [-0.05, 0) is 28.9 Å². The molecular formula is C10H8BrNS. The minimum atomic E-state index is 0.934. The highest BCUT2D eigenvalue weighted by Crippen LogP contribution is 2.25. The van der Waals surface area contributed by atoms with E-state index in [4.69, 9.17) is 0 Å². The number of hydrogen-bond acceptors (Lipinski definition) is 2. The fourth-order valence-corrected chi connectivity index (χ4v) is 2.21. The van der Waals surface area contributed by atoms with Crippen LogP contribution < -0.4 is 0 Å². The van der Waals surface area contributed by atoms with E-state index in [0.29, 0.717) is 0 Å². The Hall–Kier alpha value is -0.670. The van der Waals surface area contributed by atoms with Crippen molar-refractivity contribution in [2.75, 3.05) is 0 Å². The molecule has 0 saturated carbocycles. The van der Waals surface area contributed by atoms with Crippen LogP contribution in [0.3, 0.4) is 0 Å². The highest BCUT2D eigenvalue weighted by atomic mass is 79.9. The number of thiazole rings is 1. The van der Waals surface area contributed by atoms with Crippen LogP contribution in [0.1, 0.15) is 5.56 Å². The van der Waals surface area contributed by atoms with Crippen LogP contribution in [-0.2, 0) is 0 Å². The molecule has 0 bridgehead atoms. The summed E-state index contributed by atoms with van der Waals surface area (Å²) in [5.41, 5.74) is 3.49. The molecule has 0 spiro atoms. The topological polar surface area (TPSA) is 12.9 Å². The van der Waals surface area contributed by atoms with Gasteiger partial charge >= 0.3 is 0 Å². The molecule has 1 nitrogen and oxygen atoms in total. The van der Waals surface area contributed by atoms with E-state index in [-0.39, 0.29) is 0 Å². The Balaban J connectivity index is 2.46. The maximum absolute atomic E-state index is 4.36. The minimum absolute atomic E-state index is 0.934. The van der Waals surface area contributed by atoms with Gasteiger partial charge in [-0.1, -0.05) is 23.8 Å². The number of rotatable bonds is 1. The molecule has 66 valence electrons. The Kier molecular flexibility index (Phi) is 2.47. The largest absolute Gasteiger partial charge is 0.229 e. The van der Waals surface area contributed by atoms with Crippen LogP contribution in [0.5, 0.6) is 0 Å². The van der Waals surface area contributed by atoms with E-state index >= 15 is 0 Å². The van der Waals surface area contributed by atoms with Gasteiger partial charge in [0.2, 0.25) is 0 Å². The lowest BCUT2D eigenvalue weighted by Crippen LogP contribution is -1.78. The fourth-order valence-electron chi connectivity index (χ4n) is 1.19. The first-order chi connectivity index (χ1) is 6.25. The Morgan fingerprint density at radius 3 is 2.85 bits per heavy atom. The minimum Gasteiger partial charge on any atom is -0.229 e. The average Bonchev–Trinajstić information content (AvgIpc) is 2.52. The third-order valence-electron chi connectivity index (χ3n) is 1.79. The quantitative estimate of drug-likeness (QED) is 0.752. The van der Waals surface area contributed by atoms with Gasteiger partial charge in [-0.2, -0.15) is 0 Å². The van der Waals surface area contributed by atoms with Gasteiger partial charge in [0.1, 0.15) is 0 Å². The smallest absolute Gasteiger partial charge is 0.159 e. The van der Waals surface area contributed by atoms with Crippen molar-refractivity contribution in [3.05, 3.63) is 39.1 Å². The van der Waals surface area contributed by atoms with Crippen molar-refractivity contribution in [3.63, 3.8) is 0 Å². The van der Waals surface area contributed by atoms with Crippen molar-refractivity contribution in [3.8, 4) is 11.3 Å². The number of nitrogens with zero attached hydrogens (tertiary/aromatic N) is 1. The Morgan fingerprint density at radius 2 is 2.23 bits per heavy atom. The molecule has 0 fully saturated rings. The first-order valence-corrected chi connectivity index (χ1v) is 5.61. The zero-order valence-corrected chi connectivity index (χ0v) is 9.52. The summed E-state index contributed by atoms with van der Waals surface area (Å²) in [6, 6.07) is 8.36. The number of benzene rings is 1. The lowest BCUT2D eigenvalue weighted by molar-refractivity contribution is 1.36.